The average molecular weight is 339 g/mol. The number of halogens is 1. The van der Waals surface area contributed by atoms with E-state index >= 15 is 0 Å². The largest absolute Gasteiger partial charge is 0.391 e. The monoisotopic (exact) mass is 338 g/mol. The molecule has 2 atom stereocenters. The molecule has 3 N–H and O–H groups in total. The lowest BCUT2D eigenvalue weighted by molar-refractivity contribution is 0.0537. The maximum atomic E-state index is 12.1. The summed E-state index contributed by atoms with van der Waals surface area (Å²) in [5.41, 5.74) is 0.512. The first-order valence-corrected chi connectivity index (χ1v) is 8.61. The van der Waals surface area contributed by atoms with E-state index in [0.717, 1.165) is 45.2 Å². The van der Waals surface area contributed by atoms with Gasteiger partial charge in [0.2, 0.25) is 0 Å². The fourth-order valence-corrected chi connectivity index (χ4v) is 3.71. The summed E-state index contributed by atoms with van der Waals surface area (Å²) >= 11 is 5.93. The molecule has 2 amide bonds. The Bertz CT molecular complexity index is 549. The van der Waals surface area contributed by atoms with Crippen molar-refractivity contribution in [3.63, 3.8) is 0 Å². The first kappa shape index (κ1) is 16.5. The van der Waals surface area contributed by atoms with Crippen molar-refractivity contribution in [1.82, 2.24) is 15.2 Å². The second kappa shape index (κ2) is 7.47. The summed E-state index contributed by atoms with van der Waals surface area (Å²) in [4.78, 5) is 18.4. The van der Waals surface area contributed by atoms with Gasteiger partial charge >= 0.3 is 6.03 Å². The number of aliphatic hydroxyl groups is 1. The maximum absolute atomic E-state index is 12.1. The molecule has 1 aromatic heterocycles. The van der Waals surface area contributed by atoms with E-state index in [4.69, 9.17) is 11.6 Å². The minimum Gasteiger partial charge on any atom is -0.391 e. The summed E-state index contributed by atoms with van der Waals surface area (Å²) in [6.45, 7) is 1.83. The lowest BCUT2D eigenvalue weighted by Gasteiger charge is -2.37. The van der Waals surface area contributed by atoms with E-state index in [2.05, 4.69) is 20.5 Å². The number of anilines is 1. The minimum absolute atomic E-state index is 0.153. The third kappa shape index (κ3) is 4.13. The standard InChI is InChI=1S/C16H23ClN4O2/c17-15-12(3-2-8-18-15)20-16(23)19-11-6-9-21(10-7-11)13-4-1-5-14(13)22/h2-3,8,11,13-14,22H,1,4-7,9-10H2,(H2,19,20,23). The number of likely N-dealkylation sites (tertiary alicyclic amines) is 1. The van der Waals surface area contributed by atoms with Crippen molar-refractivity contribution < 1.29 is 9.90 Å². The number of amides is 2. The summed E-state index contributed by atoms with van der Waals surface area (Å²) in [5.74, 6) is 0. The number of rotatable bonds is 3. The van der Waals surface area contributed by atoms with Gasteiger partial charge in [-0.15, -0.1) is 0 Å². The van der Waals surface area contributed by atoms with Crippen LogP contribution in [0.2, 0.25) is 5.15 Å². The van der Waals surface area contributed by atoms with Crippen LogP contribution in [-0.2, 0) is 0 Å². The van der Waals surface area contributed by atoms with Crippen LogP contribution < -0.4 is 10.6 Å². The molecule has 0 radical (unpaired) electrons. The Hall–Kier alpha value is -1.37. The lowest BCUT2D eigenvalue weighted by atomic mass is 10.0. The van der Waals surface area contributed by atoms with E-state index in [1.165, 1.54) is 0 Å². The highest BCUT2D eigenvalue weighted by Gasteiger charge is 2.33. The summed E-state index contributed by atoms with van der Waals surface area (Å²) in [5, 5.41) is 16.0. The molecular formula is C16H23ClN4O2. The molecular weight excluding hydrogens is 316 g/mol. The summed E-state index contributed by atoms with van der Waals surface area (Å²) < 4.78 is 0. The fraction of sp³-hybridized carbons (Fsp3) is 0.625. The molecule has 0 aromatic carbocycles. The van der Waals surface area contributed by atoms with Crippen LogP contribution in [0.15, 0.2) is 18.3 Å². The number of aromatic nitrogens is 1. The van der Waals surface area contributed by atoms with Crippen LogP contribution in [0.1, 0.15) is 32.1 Å². The van der Waals surface area contributed by atoms with E-state index in [9.17, 15) is 9.90 Å². The van der Waals surface area contributed by atoms with Crippen LogP contribution >= 0.6 is 11.6 Å². The Morgan fingerprint density at radius 3 is 2.74 bits per heavy atom. The molecule has 7 heteroatoms. The lowest BCUT2D eigenvalue weighted by Crippen LogP contribution is -2.50. The zero-order valence-corrected chi connectivity index (χ0v) is 13.8. The van der Waals surface area contributed by atoms with Crippen LogP contribution in [0.5, 0.6) is 0 Å². The van der Waals surface area contributed by atoms with E-state index < -0.39 is 0 Å². The molecule has 2 unspecified atom stereocenters. The van der Waals surface area contributed by atoms with Crippen molar-refractivity contribution >= 4 is 23.3 Å². The van der Waals surface area contributed by atoms with Gasteiger partial charge in [-0.05, 0) is 44.2 Å². The molecule has 3 rings (SSSR count). The van der Waals surface area contributed by atoms with Crippen molar-refractivity contribution in [3.8, 4) is 0 Å². The number of carbonyl (C=O) groups is 1. The molecule has 0 spiro atoms. The predicted octanol–water partition coefficient (Wildman–Crippen LogP) is 2.23. The number of urea groups is 1. The van der Waals surface area contributed by atoms with Gasteiger partial charge in [0.25, 0.3) is 0 Å². The number of nitrogens with one attached hydrogen (secondary N) is 2. The van der Waals surface area contributed by atoms with Crippen molar-refractivity contribution in [2.24, 2.45) is 0 Å². The van der Waals surface area contributed by atoms with E-state index in [-0.39, 0.29) is 23.3 Å². The molecule has 23 heavy (non-hydrogen) atoms. The topological polar surface area (TPSA) is 77.5 Å². The molecule has 1 aromatic rings. The summed E-state index contributed by atoms with van der Waals surface area (Å²) in [7, 11) is 0. The van der Waals surface area contributed by atoms with Crippen LogP contribution in [0.25, 0.3) is 0 Å². The third-order valence-corrected chi connectivity index (χ3v) is 5.09. The highest BCUT2D eigenvalue weighted by molar-refractivity contribution is 6.32. The quantitative estimate of drug-likeness (QED) is 0.739. The van der Waals surface area contributed by atoms with Gasteiger partial charge < -0.3 is 15.7 Å². The number of hydrogen-bond acceptors (Lipinski definition) is 4. The molecule has 1 saturated carbocycles. The molecule has 1 aliphatic carbocycles. The normalized spacial score (nSPS) is 26.2. The SMILES string of the molecule is O=C(Nc1cccnc1Cl)NC1CCN(C2CCCC2O)CC1. The second-order valence-electron chi connectivity index (χ2n) is 6.32. The first-order chi connectivity index (χ1) is 11.1. The van der Waals surface area contributed by atoms with E-state index in [1.54, 1.807) is 18.3 Å². The van der Waals surface area contributed by atoms with Gasteiger partial charge in [-0.1, -0.05) is 11.6 Å². The van der Waals surface area contributed by atoms with Crippen LogP contribution in [0.4, 0.5) is 10.5 Å². The van der Waals surface area contributed by atoms with Crippen molar-refractivity contribution in [2.45, 2.75) is 50.3 Å². The van der Waals surface area contributed by atoms with Crippen molar-refractivity contribution in [1.29, 1.82) is 0 Å². The molecule has 6 nitrogen and oxygen atoms in total. The van der Waals surface area contributed by atoms with Gasteiger partial charge in [-0.3, -0.25) is 4.90 Å². The van der Waals surface area contributed by atoms with Gasteiger partial charge in [-0.25, -0.2) is 9.78 Å². The zero-order valence-electron chi connectivity index (χ0n) is 13.0. The van der Waals surface area contributed by atoms with Gasteiger partial charge in [0.15, 0.2) is 5.15 Å². The molecule has 0 bridgehead atoms. The number of hydrogen-bond donors (Lipinski definition) is 3. The van der Waals surface area contributed by atoms with Crippen molar-refractivity contribution in [3.05, 3.63) is 23.5 Å². The third-order valence-electron chi connectivity index (χ3n) is 4.79. The van der Waals surface area contributed by atoms with Gasteiger partial charge in [-0.2, -0.15) is 0 Å². The second-order valence-corrected chi connectivity index (χ2v) is 6.67. The van der Waals surface area contributed by atoms with Gasteiger partial charge in [0.05, 0.1) is 11.8 Å². The first-order valence-electron chi connectivity index (χ1n) is 8.23. The smallest absolute Gasteiger partial charge is 0.319 e. The fourth-order valence-electron chi connectivity index (χ4n) is 3.55. The Morgan fingerprint density at radius 1 is 1.30 bits per heavy atom. The van der Waals surface area contributed by atoms with Crippen LogP contribution in [0.3, 0.4) is 0 Å². The molecule has 126 valence electrons. The van der Waals surface area contributed by atoms with E-state index in [0.29, 0.717) is 11.7 Å². The zero-order chi connectivity index (χ0) is 16.2. The van der Waals surface area contributed by atoms with Gasteiger partial charge in [0.1, 0.15) is 0 Å². The highest BCUT2D eigenvalue weighted by atomic mass is 35.5. The minimum atomic E-state index is -0.251. The van der Waals surface area contributed by atoms with Gasteiger partial charge in [0, 0.05) is 31.4 Å². The summed E-state index contributed by atoms with van der Waals surface area (Å²) in [6, 6.07) is 3.66. The molecule has 2 heterocycles. The number of nitrogens with zero attached hydrogens (tertiary/aromatic N) is 2. The Balaban J connectivity index is 1.45. The Labute approximate surface area is 141 Å². The maximum Gasteiger partial charge on any atom is 0.319 e. The van der Waals surface area contributed by atoms with Crippen LogP contribution in [0, 0.1) is 0 Å². The van der Waals surface area contributed by atoms with Crippen molar-refractivity contribution in [2.75, 3.05) is 18.4 Å². The average Bonchev–Trinajstić information content (AvgIpc) is 2.96. The molecule has 2 aliphatic rings. The summed E-state index contributed by atoms with van der Waals surface area (Å²) in [6.07, 6.45) is 6.30. The number of aliphatic hydroxyl groups excluding tert-OH is 1. The highest BCUT2D eigenvalue weighted by Crippen LogP contribution is 2.26. The Kier molecular flexibility index (Phi) is 5.35. The predicted molar refractivity (Wildman–Crippen MR) is 89.6 cm³/mol. The molecule has 1 saturated heterocycles. The Morgan fingerprint density at radius 2 is 2.09 bits per heavy atom. The van der Waals surface area contributed by atoms with Crippen LogP contribution in [-0.4, -0.2) is 52.3 Å². The van der Waals surface area contributed by atoms with E-state index in [1.807, 2.05) is 0 Å². The molecule has 2 fully saturated rings. The number of carbonyl (C=O) groups excluding carboxylic acids is 1. The molecule has 1 aliphatic heterocycles. The number of pyridine rings is 1. The number of piperidine rings is 1.